The summed E-state index contributed by atoms with van der Waals surface area (Å²) in [7, 11) is 0. The first-order valence-electron chi connectivity index (χ1n) is 9.21. The molecule has 1 aliphatic carbocycles. The molecule has 0 aromatic heterocycles. The molecule has 24 heavy (non-hydrogen) atoms. The lowest BCUT2D eigenvalue weighted by Gasteiger charge is -2.42. The fourth-order valence-corrected chi connectivity index (χ4v) is 4.22. The Bertz CT molecular complexity index is 606. The minimum absolute atomic E-state index is 0.0699. The summed E-state index contributed by atoms with van der Waals surface area (Å²) in [5, 5.41) is 13.6. The molecule has 1 fully saturated rings. The van der Waals surface area contributed by atoms with Gasteiger partial charge in [-0.1, -0.05) is 32.9 Å². The number of urea groups is 1. The van der Waals surface area contributed by atoms with Crippen molar-refractivity contribution >= 4 is 11.7 Å². The molecule has 0 bridgehead atoms. The number of aliphatic hydroxyl groups is 1. The number of piperidine rings is 1. The Morgan fingerprint density at radius 1 is 1.25 bits per heavy atom. The molecule has 132 valence electrons. The number of rotatable bonds is 1. The van der Waals surface area contributed by atoms with E-state index in [2.05, 4.69) is 32.2 Å². The lowest BCUT2D eigenvalue weighted by Crippen LogP contribution is -2.51. The Balaban J connectivity index is 1.67. The van der Waals surface area contributed by atoms with Crippen LogP contribution in [0.3, 0.4) is 0 Å². The number of hydrogen-bond acceptors (Lipinski definition) is 2. The van der Waals surface area contributed by atoms with Crippen LogP contribution in [0.5, 0.6) is 0 Å². The zero-order valence-corrected chi connectivity index (χ0v) is 15.1. The maximum atomic E-state index is 12.7. The number of nitrogens with one attached hydrogen (secondary N) is 1. The molecular weight excluding hydrogens is 300 g/mol. The second-order valence-electron chi connectivity index (χ2n) is 8.36. The first-order chi connectivity index (χ1) is 11.4. The molecule has 2 atom stereocenters. The fourth-order valence-electron chi connectivity index (χ4n) is 4.22. The van der Waals surface area contributed by atoms with E-state index < -0.39 is 6.10 Å². The van der Waals surface area contributed by atoms with Crippen LogP contribution in [0.2, 0.25) is 0 Å². The SMILES string of the molecule is CC(C)(C)[C@H]1CCN(C(=O)Nc2cccc3c2CCCC3)C[C@H]1O. The summed E-state index contributed by atoms with van der Waals surface area (Å²) < 4.78 is 0. The number of benzene rings is 1. The molecular formula is C20H30N2O2. The van der Waals surface area contributed by atoms with Crippen molar-refractivity contribution in [1.82, 2.24) is 4.90 Å². The van der Waals surface area contributed by atoms with Crippen LogP contribution in [-0.2, 0) is 12.8 Å². The Morgan fingerprint density at radius 2 is 2.00 bits per heavy atom. The third-order valence-electron chi connectivity index (χ3n) is 5.62. The summed E-state index contributed by atoms with van der Waals surface area (Å²) in [4.78, 5) is 14.4. The summed E-state index contributed by atoms with van der Waals surface area (Å²) in [5.41, 5.74) is 3.68. The number of anilines is 1. The van der Waals surface area contributed by atoms with E-state index in [1.54, 1.807) is 4.90 Å². The van der Waals surface area contributed by atoms with Crippen molar-refractivity contribution in [3.8, 4) is 0 Å². The largest absolute Gasteiger partial charge is 0.391 e. The number of β-amino-alcohol motifs (C(OH)–C–C–N with tert-alkyl or cyclic N) is 1. The maximum absolute atomic E-state index is 12.7. The van der Waals surface area contributed by atoms with E-state index in [1.807, 2.05) is 12.1 Å². The van der Waals surface area contributed by atoms with Crippen LogP contribution >= 0.6 is 0 Å². The van der Waals surface area contributed by atoms with Gasteiger partial charge in [0.05, 0.1) is 6.10 Å². The first-order valence-corrected chi connectivity index (χ1v) is 9.21. The molecule has 1 heterocycles. The number of carbonyl (C=O) groups excluding carboxylic acids is 1. The smallest absolute Gasteiger partial charge is 0.321 e. The molecule has 4 nitrogen and oxygen atoms in total. The molecule has 2 amide bonds. The molecule has 0 saturated carbocycles. The molecule has 2 N–H and O–H groups in total. The van der Waals surface area contributed by atoms with Crippen LogP contribution in [0.4, 0.5) is 10.5 Å². The minimum Gasteiger partial charge on any atom is -0.391 e. The number of fused-ring (bicyclic) bond motifs is 1. The van der Waals surface area contributed by atoms with E-state index in [1.165, 1.54) is 24.0 Å². The average Bonchev–Trinajstić information content (AvgIpc) is 2.54. The second kappa shape index (κ2) is 6.75. The molecule has 1 aromatic carbocycles. The van der Waals surface area contributed by atoms with Crippen molar-refractivity contribution in [2.45, 2.75) is 59.0 Å². The minimum atomic E-state index is -0.450. The number of amides is 2. The van der Waals surface area contributed by atoms with E-state index in [0.717, 1.165) is 24.9 Å². The van der Waals surface area contributed by atoms with Crippen molar-refractivity contribution in [2.75, 3.05) is 18.4 Å². The second-order valence-corrected chi connectivity index (χ2v) is 8.36. The molecule has 4 heteroatoms. The standard InChI is InChI=1S/C20H30N2O2/c1-20(2,3)16-11-12-22(13-18(16)23)19(24)21-17-10-6-8-14-7-4-5-9-15(14)17/h6,8,10,16,18,23H,4-5,7,9,11-13H2,1-3H3,(H,21,24)/t16-,18+/m0/s1. The van der Waals surface area contributed by atoms with Gasteiger partial charge in [-0.2, -0.15) is 0 Å². The van der Waals surface area contributed by atoms with E-state index in [9.17, 15) is 9.90 Å². The van der Waals surface area contributed by atoms with Crippen molar-refractivity contribution < 1.29 is 9.90 Å². The molecule has 0 spiro atoms. The van der Waals surface area contributed by atoms with Gasteiger partial charge in [0, 0.05) is 18.8 Å². The van der Waals surface area contributed by atoms with Gasteiger partial charge >= 0.3 is 6.03 Å². The Hall–Kier alpha value is -1.55. The van der Waals surface area contributed by atoms with E-state index >= 15 is 0 Å². The number of nitrogens with zero attached hydrogens (tertiary/aromatic N) is 1. The van der Waals surface area contributed by atoms with Gasteiger partial charge in [0.15, 0.2) is 0 Å². The summed E-state index contributed by atoms with van der Waals surface area (Å²) in [6.45, 7) is 7.61. The topological polar surface area (TPSA) is 52.6 Å². The molecule has 2 aliphatic rings. The maximum Gasteiger partial charge on any atom is 0.321 e. The van der Waals surface area contributed by atoms with Crippen molar-refractivity contribution in [3.63, 3.8) is 0 Å². The number of aliphatic hydroxyl groups excluding tert-OH is 1. The molecule has 3 rings (SSSR count). The van der Waals surface area contributed by atoms with Gasteiger partial charge in [-0.3, -0.25) is 0 Å². The molecule has 1 saturated heterocycles. The molecule has 1 aliphatic heterocycles. The fraction of sp³-hybridized carbons (Fsp3) is 0.650. The number of likely N-dealkylation sites (tertiary alicyclic amines) is 1. The highest BCUT2D eigenvalue weighted by Gasteiger charge is 2.37. The molecule has 0 radical (unpaired) electrons. The number of hydrogen-bond donors (Lipinski definition) is 2. The van der Waals surface area contributed by atoms with Gasteiger partial charge in [0.25, 0.3) is 0 Å². The van der Waals surface area contributed by atoms with Crippen LogP contribution in [0.15, 0.2) is 18.2 Å². The Labute approximate surface area is 145 Å². The van der Waals surface area contributed by atoms with E-state index in [-0.39, 0.29) is 17.4 Å². The van der Waals surface area contributed by atoms with Crippen LogP contribution in [0.1, 0.15) is 51.2 Å². The highest BCUT2D eigenvalue weighted by Crippen LogP contribution is 2.35. The van der Waals surface area contributed by atoms with Gasteiger partial charge in [0.1, 0.15) is 0 Å². The van der Waals surface area contributed by atoms with Crippen molar-refractivity contribution in [3.05, 3.63) is 29.3 Å². The van der Waals surface area contributed by atoms with Crippen molar-refractivity contribution in [2.24, 2.45) is 11.3 Å². The van der Waals surface area contributed by atoms with Crippen LogP contribution < -0.4 is 5.32 Å². The van der Waals surface area contributed by atoms with Crippen LogP contribution in [-0.4, -0.2) is 35.2 Å². The van der Waals surface area contributed by atoms with Gasteiger partial charge in [-0.05, 0) is 60.6 Å². The highest BCUT2D eigenvalue weighted by atomic mass is 16.3. The average molecular weight is 330 g/mol. The third kappa shape index (κ3) is 3.59. The van der Waals surface area contributed by atoms with E-state index in [4.69, 9.17) is 0 Å². The Kier molecular flexibility index (Phi) is 4.86. The van der Waals surface area contributed by atoms with E-state index in [0.29, 0.717) is 13.1 Å². The summed E-state index contributed by atoms with van der Waals surface area (Å²) in [6, 6.07) is 6.12. The molecule has 0 unspecified atom stereocenters. The first kappa shape index (κ1) is 17.3. The number of carbonyl (C=O) groups is 1. The van der Waals surface area contributed by atoms with Crippen LogP contribution in [0.25, 0.3) is 0 Å². The monoisotopic (exact) mass is 330 g/mol. The zero-order chi connectivity index (χ0) is 17.3. The highest BCUT2D eigenvalue weighted by molar-refractivity contribution is 5.90. The van der Waals surface area contributed by atoms with Crippen LogP contribution in [0, 0.1) is 11.3 Å². The van der Waals surface area contributed by atoms with Gasteiger partial charge in [0.2, 0.25) is 0 Å². The molecule has 1 aromatic rings. The quantitative estimate of drug-likeness (QED) is 0.822. The lowest BCUT2D eigenvalue weighted by atomic mass is 9.74. The van der Waals surface area contributed by atoms with Crippen molar-refractivity contribution in [1.29, 1.82) is 0 Å². The number of aryl methyl sites for hydroxylation is 1. The van der Waals surface area contributed by atoms with Gasteiger partial charge in [-0.25, -0.2) is 4.79 Å². The predicted molar refractivity (Wildman–Crippen MR) is 97.2 cm³/mol. The lowest BCUT2D eigenvalue weighted by molar-refractivity contribution is -0.0108. The van der Waals surface area contributed by atoms with Gasteiger partial charge < -0.3 is 15.3 Å². The zero-order valence-electron chi connectivity index (χ0n) is 15.1. The summed E-state index contributed by atoms with van der Waals surface area (Å²) in [5.74, 6) is 0.242. The normalized spacial score (nSPS) is 24.4. The predicted octanol–water partition coefficient (Wildman–Crippen LogP) is 3.83. The Morgan fingerprint density at radius 3 is 2.71 bits per heavy atom. The van der Waals surface area contributed by atoms with Gasteiger partial charge in [-0.15, -0.1) is 0 Å². The summed E-state index contributed by atoms with van der Waals surface area (Å²) in [6.07, 6.45) is 4.97. The third-order valence-corrected chi connectivity index (χ3v) is 5.62. The summed E-state index contributed by atoms with van der Waals surface area (Å²) >= 11 is 0.